The predicted octanol–water partition coefficient (Wildman–Crippen LogP) is 4.37. The zero-order chi connectivity index (χ0) is 21.4. The Morgan fingerprint density at radius 3 is 2.67 bits per heavy atom. The number of carbonyl (C=O) groups excluding carboxylic acids is 2. The molecule has 156 valence electrons. The van der Waals surface area contributed by atoms with Gasteiger partial charge >= 0.3 is 0 Å². The Morgan fingerprint density at radius 1 is 1.23 bits per heavy atom. The second-order valence-corrected chi connectivity index (χ2v) is 8.11. The standard InChI is InChI=1S/C24H24F2N2O2/c1-13(12-29)18-8-9-20(26)19-11-27-14(2)21(22(18)19)24(30)28-23(15-6-7-15)16-4-3-5-17(25)10-16/h3-5,8-10,12-13,15,23,27H,6-7,11H2,1-2H3,(H,28,30)/t13?,23-/m0/s1. The molecule has 0 aromatic heterocycles. The lowest BCUT2D eigenvalue weighted by atomic mass is 9.85. The van der Waals surface area contributed by atoms with Gasteiger partial charge in [0.15, 0.2) is 0 Å². The van der Waals surface area contributed by atoms with Crippen molar-refractivity contribution in [2.24, 2.45) is 5.92 Å². The van der Waals surface area contributed by atoms with Crippen molar-refractivity contribution in [1.29, 1.82) is 0 Å². The summed E-state index contributed by atoms with van der Waals surface area (Å²) in [6, 6.07) is 8.85. The molecule has 6 heteroatoms. The molecule has 2 atom stereocenters. The lowest BCUT2D eigenvalue weighted by Crippen LogP contribution is -2.35. The number of aldehydes is 1. The molecule has 2 aliphatic rings. The summed E-state index contributed by atoms with van der Waals surface area (Å²) >= 11 is 0. The highest BCUT2D eigenvalue weighted by Gasteiger charge is 2.36. The number of hydrogen-bond acceptors (Lipinski definition) is 3. The van der Waals surface area contributed by atoms with E-state index in [0.717, 1.165) is 19.1 Å². The number of nitrogens with one attached hydrogen (secondary N) is 2. The van der Waals surface area contributed by atoms with Gasteiger partial charge in [0.25, 0.3) is 5.91 Å². The van der Waals surface area contributed by atoms with Crippen LogP contribution in [0.1, 0.15) is 60.9 Å². The summed E-state index contributed by atoms with van der Waals surface area (Å²) in [4.78, 5) is 24.9. The number of carbonyl (C=O) groups is 2. The first kappa shape index (κ1) is 20.3. The van der Waals surface area contributed by atoms with Crippen LogP contribution in [0.3, 0.4) is 0 Å². The van der Waals surface area contributed by atoms with Gasteiger partial charge in [0.05, 0.1) is 11.6 Å². The maximum absolute atomic E-state index is 14.6. The zero-order valence-corrected chi connectivity index (χ0v) is 17.0. The van der Waals surface area contributed by atoms with Crippen molar-refractivity contribution in [3.05, 3.63) is 76.0 Å². The molecule has 2 aromatic rings. The fourth-order valence-electron chi connectivity index (χ4n) is 4.16. The van der Waals surface area contributed by atoms with Gasteiger partial charge in [-0.3, -0.25) is 4.79 Å². The van der Waals surface area contributed by atoms with E-state index in [4.69, 9.17) is 0 Å². The van der Waals surface area contributed by atoms with Gasteiger partial charge in [-0.1, -0.05) is 25.1 Å². The minimum atomic E-state index is -0.476. The largest absolute Gasteiger partial charge is 0.384 e. The van der Waals surface area contributed by atoms with E-state index in [-0.39, 0.29) is 30.2 Å². The van der Waals surface area contributed by atoms with Crippen molar-refractivity contribution in [3.63, 3.8) is 0 Å². The summed E-state index contributed by atoms with van der Waals surface area (Å²) < 4.78 is 28.3. The van der Waals surface area contributed by atoms with Gasteiger partial charge in [0.1, 0.15) is 17.9 Å². The number of benzene rings is 2. The first-order valence-corrected chi connectivity index (χ1v) is 10.2. The van der Waals surface area contributed by atoms with Crippen molar-refractivity contribution < 1.29 is 18.4 Å². The summed E-state index contributed by atoms with van der Waals surface area (Å²) in [7, 11) is 0. The topological polar surface area (TPSA) is 58.2 Å². The summed E-state index contributed by atoms with van der Waals surface area (Å²) in [6.45, 7) is 3.75. The third-order valence-electron chi connectivity index (χ3n) is 5.95. The average molecular weight is 410 g/mol. The van der Waals surface area contributed by atoms with Crippen molar-refractivity contribution in [2.45, 2.75) is 45.2 Å². The molecule has 4 rings (SSSR count). The molecule has 1 heterocycles. The van der Waals surface area contributed by atoms with Crippen LogP contribution in [0.5, 0.6) is 0 Å². The van der Waals surface area contributed by atoms with Crippen LogP contribution in [0.25, 0.3) is 5.57 Å². The SMILES string of the molecule is CC1=C(C(=O)N[C@H](c2cccc(F)c2)C2CC2)c2c(C(C)C=O)ccc(F)c2CN1. The van der Waals surface area contributed by atoms with Crippen LogP contribution in [-0.2, 0) is 16.1 Å². The lowest BCUT2D eigenvalue weighted by molar-refractivity contribution is -0.116. The second-order valence-electron chi connectivity index (χ2n) is 8.11. The van der Waals surface area contributed by atoms with E-state index in [1.54, 1.807) is 32.0 Å². The van der Waals surface area contributed by atoms with Crippen LogP contribution in [0.2, 0.25) is 0 Å². The van der Waals surface area contributed by atoms with Crippen LogP contribution in [0, 0.1) is 17.6 Å². The average Bonchev–Trinajstić information content (AvgIpc) is 3.56. The minimum Gasteiger partial charge on any atom is -0.384 e. The Kier molecular flexibility index (Phi) is 5.41. The van der Waals surface area contributed by atoms with Gasteiger partial charge < -0.3 is 15.4 Å². The van der Waals surface area contributed by atoms with Gasteiger partial charge in [-0.15, -0.1) is 0 Å². The third-order valence-corrected chi connectivity index (χ3v) is 5.95. The van der Waals surface area contributed by atoms with E-state index < -0.39 is 11.7 Å². The highest BCUT2D eigenvalue weighted by molar-refractivity contribution is 6.21. The van der Waals surface area contributed by atoms with Gasteiger partial charge in [0, 0.05) is 29.3 Å². The minimum absolute atomic E-state index is 0.244. The molecule has 2 aromatic carbocycles. The molecule has 0 radical (unpaired) electrons. The van der Waals surface area contributed by atoms with Crippen molar-refractivity contribution >= 4 is 17.8 Å². The maximum Gasteiger partial charge on any atom is 0.254 e. The smallest absolute Gasteiger partial charge is 0.254 e. The Bertz CT molecular complexity index is 1040. The van der Waals surface area contributed by atoms with Gasteiger partial charge in [0.2, 0.25) is 0 Å². The molecule has 1 aliphatic heterocycles. The number of allylic oxidation sites excluding steroid dienone is 1. The van der Waals surface area contributed by atoms with Gasteiger partial charge in [-0.25, -0.2) is 8.78 Å². The Hall–Kier alpha value is -3.02. The molecule has 1 aliphatic carbocycles. The molecule has 0 saturated heterocycles. The fourth-order valence-corrected chi connectivity index (χ4v) is 4.16. The first-order chi connectivity index (χ1) is 14.4. The number of rotatable bonds is 6. The predicted molar refractivity (Wildman–Crippen MR) is 110 cm³/mol. The molecule has 0 bridgehead atoms. The summed E-state index contributed by atoms with van der Waals surface area (Å²) in [5.41, 5.74) is 3.16. The Balaban J connectivity index is 1.74. The van der Waals surface area contributed by atoms with Crippen LogP contribution in [0.15, 0.2) is 42.1 Å². The lowest BCUT2D eigenvalue weighted by Gasteiger charge is -2.28. The van der Waals surface area contributed by atoms with Crippen LogP contribution < -0.4 is 10.6 Å². The number of hydrogen-bond donors (Lipinski definition) is 2. The summed E-state index contributed by atoms with van der Waals surface area (Å²) in [6.07, 6.45) is 2.70. The van der Waals surface area contributed by atoms with E-state index in [1.807, 2.05) is 0 Å². The highest BCUT2D eigenvalue weighted by atomic mass is 19.1. The second kappa shape index (κ2) is 8.01. The van der Waals surface area contributed by atoms with Crippen molar-refractivity contribution in [2.75, 3.05) is 0 Å². The molecule has 1 fully saturated rings. The number of fused-ring (bicyclic) bond motifs is 1. The molecule has 2 N–H and O–H groups in total. The van der Waals surface area contributed by atoms with Crippen molar-refractivity contribution in [1.82, 2.24) is 10.6 Å². The van der Waals surface area contributed by atoms with E-state index in [9.17, 15) is 18.4 Å². The molecule has 30 heavy (non-hydrogen) atoms. The van der Waals surface area contributed by atoms with Crippen LogP contribution in [0.4, 0.5) is 8.78 Å². The van der Waals surface area contributed by atoms with E-state index in [0.29, 0.717) is 33.5 Å². The first-order valence-electron chi connectivity index (χ1n) is 10.2. The summed E-state index contributed by atoms with van der Waals surface area (Å²) in [5, 5.41) is 6.14. The molecule has 1 unspecified atom stereocenters. The number of halogens is 2. The van der Waals surface area contributed by atoms with Crippen LogP contribution >= 0.6 is 0 Å². The Labute approximate surface area is 174 Å². The monoisotopic (exact) mass is 410 g/mol. The molecular formula is C24H24F2N2O2. The third kappa shape index (κ3) is 3.74. The fraction of sp³-hybridized carbons (Fsp3) is 0.333. The maximum atomic E-state index is 14.6. The molecule has 1 amide bonds. The van der Waals surface area contributed by atoms with E-state index >= 15 is 0 Å². The van der Waals surface area contributed by atoms with Crippen LogP contribution in [-0.4, -0.2) is 12.2 Å². The quantitative estimate of drug-likeness (QED) is 0.696. The number of amides is 1. The highest BCUT2D eigenvalue weighted by Crippen LogP contribution is 2.42. The van der Waals surface area contributed by atoms with E-state index in [2.05, 4.69) is 10.6 Å². The van der Waals surface area contributed by atoms with Gasteiger partial charge in [-0.2, -0.15) is 0 Å². The summed E-state index contributed by atoms with van der Waals surface area (Å²) in [5.74, 6) is -1.35. The molecule has 4 nitrogen and oxygen atoms in total. The normalized spacial score (nSPS) is 17.6. The zero-order valence-electron chi connectivity index (χ0n) is 17.0. The Morgan fingerprint density at radius 2 is 2.00 bits per heavy atom. The molecule has 1 saturated carbocycles. The van der Waals surface area contributed by atoms with Gasteiger partial charge in [-0.05, 0) is 55.0 Å². The molecular weight excluding hydrogens is 386 g/mol. The molecule has 0 spiro atoms. The van der Waals surface area contributed by atoms with Crippen molar-refractivity contribution in [3.8, 4) is 0 Å². The van der Waals surface area contributed by atoms with E-state index in [1.165, 1.54) is 18.2 Å².